The van der Waals surface area contributed by atoms with E-state index in [9.17, 15) is 13.2 Å². The Balaban J connectivity index is 2.07. The van der Waals surface area contributed by atoms with E-state index in [0.29, 0.717) is 9.23 Å². The maximum Gasteiger partial charge on any atom is 0.266 e. The first-order valence-electron chi connectivity index (χ1n) is 10.8. The van der Waals surface area contributed by atoms with Gasteiger partial charge >= 0.3 is 0 Å². The van der Waals surface area contributed by atoms with Crippen molar-refractivity contribution in [2.45, 2.75) is 52.4 Å². The van der Waals surface area contributed by atoms with Gasteiger partial charge in [0.2, 0.25) is 0 Å². The third-order valence-corrected chi connectivity index (χ3v) is 7.14. The van der Waals surface area contributed by atoms with E-state index in [0.717, 1.165) is 30.4 Å². The number of hydrogen-bond donors (Lipinski definition) is 1. The van der Waals surface area contributed by atoms with Crippen LogP contribution in [0.1, 0.15) is 57.9 Å². The molecule has 0 atom stereocenters. The fraction of sp³-hybridized carbons (Fsp3) is 0.545. The molecule has 0 aromatic heterocycles. The standard InChI is InChI=1S/C22H32N2O4S3/c1-3-5-7-13-23(14-8-6-4-2)19-11-9-18(10-12-19)17-20-21(25)24(22(29)30-20)15-16-31(26,27)28/h9-12,17H,3-8,13-16H2,1-2H3,(H,26,27,28). The van der Waals surface area contributed by atoms with Crippen LogP contribution in [0, 0.1) is 0 Å². The van der Waals surface area contributed by atoms with Gasteiger partial charge in [-0.15, -0.1) is 0 Å². The average molecular weight is 485 g/mol. The van der Waals surface area contributed by atoms with Crippen molar-refractivity contribution in [1.82, 2.24) is 4.90 Å². The number of carbonyl (C=O) groups excluding carboxylic acids is 1. The number of amides is 1. The summed E-state index contributed by atoms with van der Waals surface area (Å²) in [5, 5.41) is 0. The van der Waals surface area contributed by atoms with Crippen molar-refractivity contribution in [2.75, 3.05) is 30.3 Å². The topological polar surface area (TPSA) is 77.9 Å². The number of anilines is 1. The summed E-state index contributed by atoms with van der Waals surface area (Å²) in [5.41, 5.74) is 2.08. The summed E-state index contributed by atoms with van der Waals surface area (Å²) < 4.78 is 31.2. The van der Waals surface area contributed by atoms with E-state index >= 15 is 0 Å². The number of thiocarbonyl (C=S) groups is 1. The second kappa shape index (κ2) is 12.6. The number of hydrogen-bond acceptors (Lipinski definition) is 6. The molecule has 0 spiro atoms. The Bertz CT molecular complexity index is 873. The van der Waals surface area contributed by atoms with Crippen molar-refractivity contribution < 1.29 is 17.8 Å². The van der Waals surface area contributed by atoms with E-state index in [2.05, 4.69) is 30.9 Å². The third-order valence-electron chi connectivity index (χ3n) is 5.07. The smallest absolute Gasteiger partial charge is 0.266 e. The van der Waals surface area contributed by atoms with Gasteiger partial charge in [0.1, 0.15) is 4.32 Å². The van der Waals surface area contributed by atoms with Crippen LogP contribution in [0.3, 0.4) is 0 Å². The maximum absolute atomic E-state index is 12.6. The van der Waals surface area contributed by atoms with Crippen molar-refractivity contribution >= 4 is 56.1 Å². The van der Waals surface area contributed by atoms with E-state index < -0.39 is 15.9 Å². The molecule has 6 nitrogen and oxygen atoms in total. The summed E-state index contributed by atoms with van der Waals surface area (Å²) in [6.07, 6.45) is 8.97. The van der Waals surface area contributed by atoms with Gasteiger partial charge in [0.15, 0.2) is 0 Å². The normalized spacial score (nSPS) is 15.8. The number of unbranched alkanes of at least 4 members (excludes halogenated alkanes) is 4. The largest absolute Gasteiger partial charge is 0.372 e. The number of thioether (sulfide) groups is 1. The van der Waals surface area contributed by atoms with E-state index in [4.69, 9.17) is 16.8 Å². The summed E-state index contributed by atoms with van der Waals surface area (Å²) in [6, 6.07) is 8.16. The highest BCUT2D eigenvalue weighted by Gasteiger charge is 2.32. The number of benzene rings is 1. The molecule has 1 aliphatic heterocycles. The van der Waals surface area contributed by atoms with Gasteiger partial charge in [-0.3, -0.25) is 14.2 Å². The molecule has 0 bridgehead atoms. The van der Waals surface area contributed by atoms with Crippen molar-refractivity contribution in [3.8, 4) is 0 Å². The molecule has 1 aromatic carbocycles. The minimum Gasteiger partial charge on any atom is -0.372 e. The number of carbonyl (C=O) groups is 1. The predicted octanol–water partition coefficient (Wildman–Crippen LogP) is 4.96. The average Bonchev–Trinajstić information content (AvgIpc) is 2.98. The van der Waals surface area contributed by atoms with Crippen molar-refractivity contribution in [3.63, 3.8) is 0 Å². The minimum atomic E-state index is -4.15. The zero-order valence-electron chi connectivity index (χ0n) is 18.2. The van der Waals surface area contributed by atoms with Crippen molar-refractivity contribution in [2.24, 2.45) is 0 Å². The first-order valence-corrected chi connectivity index (χ1v) is 13.6. The van der Waals surface area contributed by atoms with Crippen LogP contribution >= 0.6 is 24.0 Å². The first-order chi connectivity index (χ1) is 14.7. The fourth-order valence-electron chi connectivity index (χ4n) is 3.31. The van der Waals surface area contributed by atoms with E-state index in [1.54, 1.807) is 6.08 Å². The summed E-state index contributed by atoms with van der Waals surface area (Å²) in [7, 11) is -4.15. The molecule has 2 rings (SSSR count). The van der Waals surface area contributed by atoms with Crippen LogP contribution in [0.2, 0.25) is 0 Å². The first kappa shape index (κ1) is 25.8. The van der Waals surface area contributed by atoms with Gasteiger partial charge in [-0.05, 0) is 36.6 Å². The molecule has 1 aliphatic rings. The van der Waals surface area contributed by atoms with Crippen LogP contribution in [-0.2, 0) is 14.9 Å². The van der Waals surface area contributed by atoms with Gasteiger partial charge in [0.05, 0.1) is 10.7 Å². The number of nitrogens with zero attached hydrogens (tertiary/aromatic N) is 2. The number of rotatable bonds is 13. The Labute approximate surface area is 195 Å². The summed E-state index contributed by atoms with van der Waals surface area (Å²) in [5.74, 6) is -0.865. The fourth-order valence-corrected chi connectivity index (χ4v) is 5.03. The third kappa shape index (κ3) is 8.56. The van der Waals surface area contributed by atoms with Crippen molar-refractivity contribution in [1.29, 1.82) is 0 Å². The van der Waals surface area contributed by atoms with Crippen LogP contribution in [-0.4, -0.2) is 53.5 Å². The maximum atomic E-state index is 12.6. The molecule has 0 radical (unpaired) electrons. The predicted molar refractivity (Wildman–Crippen MR) is 134 cm³/mol. The molecule has 1 heterocycles. The van der Waals surface area contributed by atoms with Crippen LogP contribution < -0.4 is 4.90 Å². The van der Waals surface area contributed by atoms with Gasteiger partial charge in [-0.25, -0.2) is 0 Å². The lowest BCUT2D eigenvalue weighted by Gasteiger charge is -2.25. The molecule has 0 aliphatic carbocycles. The molecule has 0 saturated carbocycles. The molecule has 31 heavy (non-hydrogen) atoms. The molecule has 1 N–H and O–H groups in total. The molecule has 9 heteroatoms. The molecule has 1 amide bonds. The lowest BCUT2D eigenvalue weighted by Crippen LogP contribution is -2.32. The highest BCUT2D eigenvalue weighted by Crippen LogP contribution is 2.32. The lowest BCUT2D eigenvalue weighted by molar-refractivity contribution is -0.121. The van der Waals surface area contributed by atoms with E-state index in [-0.39, 0.29) is 12.5 Å². The minimum absolute atomic E-state index is 0.149. The molecule has 172 valence electrons. The molecular formula is C22H32N2O4S3. The van der Waals surface area contributed by atoms with Gasteiger partial charge in [-0.1, -0.05) is 75.6 Å². The monoisotopic (exact) mass is 484 g/mol. The SMILES string of the molecule is CCCCCN(CCCCC)c1ccc(C=C2SC(=S)N(CCS(=O)(=O)O)C2=O)cc1. The van der Waals surface area contributed by atoms with Gasteiger partial charge in [0, 0.05) is 25.3 Å². The van der Waals surface area contributed by atoms with Gasteiger partial charge in [0.25, 0.3) is 16.0 Å². The highest BCUT2D eigenvalue weighted by atomic mass is 32.2. The molecular weight excluding hydrogens is 452 g/mol. The molecule has 0 unspecified atom stereocenters. The van der Waals surface area contributed by atoms with Crippen molar-refractivity contribution in [3.05, 3.63) is 34.7 Å². The zero-order chi connectivity index (χ0) is 22.9. The zero-order valence-corrected chi connectivity index (χ0v) is 20.7. The van der Waals surface area contributed by atoms with Crippen LogP contribution in [0.25, 0.3) is 6.08 Å². The lowest BCUT2D eigenvalue weighted by atomic mass is 10.1. The molecule has 1 fully saturated rings. The highest BCUT2D eigenvalue weighted by molar-refractivity contribution is 8.26. The Morgan fingerprint density at radius 2 is 1.65 bits per heavy atom. The van der Waals surface area contributed by atoms with Crippen LogP contribution in [0.5, 0.6) is 0 Å². The van der Waals surface area contributed by atoms with Gasteiger partial charge in [-0.2, -0.15) is 8.42 Å². The van der Waals surface area contributed by atoms with Gasteiger partial charge < -0.3 is 4.90 Å². The molecule has 1 aromatic rings. The molecule has 1 saturated heterocycles. The summed E-state index contributed by atoms with van der Waals surface area (Å²) >= 11 is 6.35. The van der Waals surface area contributed by atoms with Crippen LogP contribution in [0.4, 0.5) is 5.69 Å². The summed E-state index contributed by atoms with van der Waals surface area (Å²) in [4.78, 5) is 16.7. The summed E-state index contributed by atoms with van der Waals surface area (Å²) in [6.45, 7) is 6.36. The Morgan fingerprint density at radius 3 is 2.16 bits per heavy atom. The van der Waals surface area contributed by atoms with Crippen LogP contribution in [0.15, 0.2) is 29.2 Å². The quantitative estimate of drug-likeness (QED) is 0.183. The Morgan fingerprint density at radius 1 is 1.06 bits per heavy atom. The second-order valence-electron chi connectivity index (χ2n) is 7.61. The second-order valence-corrected chi connectivity index (χ2v) is 10.9. The van der Waals surface area contributed by atoms with E-state index in [1.165, 1.54) is 49.1 Å². The van der Waals surface area contributed by atoms with E-state index in [1.807, 2.05) is 12.1 Å². The Kier molecular flexibility index (Phi) is 10.5. The Hall–Kier alpha value is -1.42.